The Labute approximate surface area is 162 Å². The predicted octanol–water partition coefficient (Wildman–Crippen LogP) is 6.82. The van der Waals surface area contributed by atoms with E-state index >= 15 is 0 Å². The van der Waals surface area contributed by atoms with Gasteiger partial charge in [0.15, 0.2) is 0 Å². The van der Waals surface area contributed by atoms with Crippen LogP contribution in [0.25, 0.3) is 27.9 Å². The number of imidazole rings is 1. The molecule has 0 atom stereocenters. The molecule has 1 aromatic heterocycles. The van der Waals surface area contributed by atoms with Crippen molar-refractivity contribution in [2.75, 3.05) is 0 Å². The van der Waals surface area contributed by atoms with Crippen LogP contribution in [0.15, 0.2) is 79.1 Å². The zero-order valence-corrected chi connectivity index (χ0v) is 15.7. The molecule has 0 N–H and O–H groups in total. The Morgan fingerprint density at radius 2 is 1.46 bits per heavy atom. The Bertz CT molecular complexity index is 1070. The second-order valence-corrected chi connectivity index (χ2v) is 6.88. The number of hydrogen-bond donors (Lipinski definition) is 0. The zero-order valence-electron chi connectivity index (χ0n) is 14.2. The quantitative estimate of drug-likeness (QED) is 0.382. The van der Waals surface area contributed by atoms with E-state index in [1.54, 1.807) is 6.20 Å². The van der Waals surface area contributed by atoms with Crippen molar-refractivity contribution in [3.8, 4) is 27.9 Å². The Hall–Kier alpha value is -2.55. The first-order valence-corrected chi connectivity index (χ1v) is 9.04. The second-order valence-electron chi connectivity index (χ2n) is 6.07. The van der Waals surface area contributed by atoms with Crippen LogP contribution in [0, 0.1) is 6.92 Å². The average Bonchev–Trinajstić information content (AvgIpc) is 3.08. The highest BCUT2D eigenvalue weighted by Crippen LogP contribution is 2.35. The number of benzene rings is 3. The van der Waals surface area contributed by atoms with Gasteiger partial charge in [-0.3, -0.25) is 0 Å². The van der Waals surface area contributed by atoms with Crippen LogP contribution in [-0.4, -0.2) is 9.55 Å². The third kappa shape index (κ3) is 3.14. The van der Waals surface area contributed by atoms with Crippen molar-refractivity contribution < 1.29 is 0 Å². The van der Waals surface area contributed by atoms with Gasteiger partial charge in [0.05, 0.1) is 0 Å². The molecule has 0 saturated carbocycles. The van der Waals surface area contributed by atoms with E-state index < -0.39 is 0 Å². The molecule has 128 valence electrons. The van der Waals surface area contributed by atoms with Gasteiger partial charge in [0, 0.05) is 39.3 Å². The van der Waals surface area contributed by atoms with Gasteiger partial charge in [0.25, 0.3) is 0 Å². The fraction of sp³-hybridized carbons (Fsp3) is 0.0455. The first-order chi connectivity index (χ1) is 12.6. The van der Waals surface area contributed by atoms with Crippen molar-refractivity contribution >= 4 is 23.2 Å². The lowest BCUT2D eigenvalue weighted by molar-refractivity contribution is 0.975. The SMILES string of the molecule is Cc1nccn1-c1ccc(-c2ccc(-c3ccccc3Cl)cc2Cl)cc1. The van der Waals surface area contributed by atoms with Crippen LogP contribution in [-0.2, 0) is 0 Å². The fourth-order valence-corrected chi connectivity index (χ4v) is 3.60. The van der Waals surface area contributed by atoms with Gasteiger partial charge in [0.2, 0.25) is 0 Å². The highest BCUT2D eigenvalue weighted by molar-refractivity contribution is 6.34. The lowest BCUT2D eigenvalue weighted by Crippen LogP contribution is -1.95. The molecular weight excluding hydrogens is 363 g/mol. The van der Waals surface area contributed by atoms with Crippen molar-refractivity contribution in [1.29, 1.82) is 0 Å². The molecule has 0 fully saturated rings. The van der Waals surface area contributed by atoms with E-state index in [2.05, 4.69) is 35.3 Å². The maximum Gasteiger partial charge on any atom is 0.110 e. The van der Waals surface area contributed by atoms with Gasteiger partial charge in [0.1, 0.15) is 5.82 Å². The van der Waals surface area contributed by atoms with Crippen LogP contribution in [0.5, 0.6) is 0 Å². The lowest BCUT2D eigenvalue weighted by Gasteiger charge is -2.10. The minimum absolute atomic E-state index is 0.703. The van der Waals surface area contributed by atoms with Crippen LogP contribution in [0.1, 0.15) is 5.82 Å². The summed E-state index contributed by atoms with van der Waals surface area (Å²) in [5, 5.41) is 1.42. The summed E-state index contributed by atoms with van der Waals surface area (Å²) in [6.45, 7) is 1.98. The largest absolute Gasteiger partial charge is 0.304 e. The van der Waals surface area contributed by atoms with E-state index in [9.17, 15) is 0 Å². The summed E-state index contributed by atoms with van der Waals surface area (Å²) in [5.41, 5.74) is 5.13. The van der Waals surface area contributed by atoms with E-state index in [0.717, 1.165) is 38.8 Å². The number of aromatic nitrogens is 2. The van der Waals surface area contributed by atoms with Gasteiger partial charge in [-0.25, -0.2) is 4.98 Å². The normalized spacial score (nSPS) is 10.9. The molecular formula is C22H16Cl2N2. The number of nitrogens with zero attached hydrogens (tertiary/aromatic N) is 2. The van der Waals surface area contributed by atoms with Crippen molar-refractivity contribution in [3.63, 3.8) is 0 Å². The second kappa shape index (κ2) is 6.99. The molecule has 2 nitrogen and oxygen atoms in total. The maximum absolute atomic E-state index is 6.57. The molecule has 0 spiro atoms. The van der Waals surface area contributed by atoms with E-state index in [1.807, 2.05) is 54.1 Å². The van der Waals surface area contributed by atoms with Gasteiger partial charge in [-0.05, 0) is 42.3 Å². The third-order valence-electron chi connectivity index (χ3n) is 4.44. The molecule has 3 aromatic carbocycles. The van der Waals surface area contributed by atoms with Crippen LogP contribution in [0.4, 0.5) is 0 Å². The smallest absolute Gasteiger partial charge is 0.110 e. The van der Waals surface area contributed by atoms with Gasteiger partial charge in [-0.15, -0.1) is 0 Å². The molecule has 0 saturated heterocycles. The number of hydrogen-bond acceptors (Lipinski definition) is 1. The Morgan fingerprint density at radius 1 is 0.769 bits per heavy atom. The number of rotatable bonds is 3. The van der Waals surface area contributed by atoms with Crippen molar-refractivity contribution in [2.24, 2.45) is 0 Å². The summed E-state index contributed by atoms with van der Waals surface area (Å²) in [4.78, 5) is 4.26. The van der Waals surface area contributed by atoms with Crippen LogP contribution in [0.3, 0.4) is 0 Å². The summed E-state index contributed by atoms with van der Waals surface area (Å²) in [7, 11) is 0. The van der Waals surface area contributed by atoms with Gasteiger partial charge in [-0.1, -0.05) is 65.7 Å². The Kier molecular flexibility index (Phi) is 4.54. The van der Waals surface area contributed by atoms with E-state index in [-0.39, 0.29) is 0 Å². The summed E-state index contributed by atoms with van der Waals surface area (Å²) in [6, 6.07) is 22.1. The third-order valence-corrected chi connectivity index (χ3v) is 5.08. The van der Waals surface area contributed by atoms with Gasteiger partial charge in [-0.2, -0.15) is 0 Å². The molecule has 26 heavy (non-hydrogen) atoms. The fourth-order valence-electron chi connectivity index (χ4n) is 3.06. The van der Waals surface area contributed by atoms with Crippen LogP contribution < -0.4 is 0 Å². The summed E-state index contributed by atoms with van der Waals surface area (Å²) < 4.78 is 2.05. The van der Waals surface area contributed by atoms with Crippen molar-refractivity contribution in [2.45, 2.75) is 6.92 Å². The molecule has 4 heteroatoms. The molecule has 0 unspecified atom stereocenters. The minimum atomic E-state index is 0.703. The summed E-state index contributed by atoms with van der Waals surface area (Å²) in [6.07, 6.45) is 3.75. The van der Waals surface area contributed by atoms with Gasteiger partial charge >= 0.3 is 0 Å². The molecule has 1 heterocycles. The monoisotopic (exact) mass is 378 g/mol. The maximum atomic E-state index is 6.57. The zero-order chi connectivity index (χ0) is 18.1. The van der Waals surface area contributed by atoms with Crippen molar-refractivity contribution in [1.82, 2.24) is 9.55 Å². The topological polar surface area (TPSA) is 17.8 Å². The van der Waals surface area contributed by atoms with E-state index in [1.165, 1.54) is 0 Å². The van der Waals surface area contributed by atoms with E-state index in [4.69, 9.17) is 23.2 Å². The lowest BCUT2D eigenvalue weighted by atomic mass is 10.00. The van der Waals surface area contributed by atoms with Crippen molar-refractivity contribution in [3.05, 3.63) is 95.0 Å². The van der Waals surface area contributed by atoms with Crippen LogP contribution >= 0.6 is 23.2 Å². The highest BCUT2D eigenvalue weighted by atomic mass is 35.5. The molecule has 0 radical (unpaired) electrons. The van der Waals surface area contributed by atoms with Gasteiger partial charge < -0.3 is 4.57 Å². The predicted molar refractivity (Wildman–Crippen MR) is 109 cm³/mol. The molecule has 4 aromatic rings. The Balaban J connectivity index is 1.68. The summed E-state index contributed by atoms with van der Waals surface area (Å²) >= 11 is 12.9. The molecule has 0 bridgehead atoms. The Morgan fingerprint density at radius 3 is 2.12 bits per heavy atom. The highest BCUT2D eigenvalue weighted by Gasteiger charge is 2.09. The van der Waals surface area contributed by atoms with E-state index in [0.29, 0.717) is 5.02 Å². The first-order valence-electron chi connectivity index (χ1n) is 8.29. The van der Waals surface area contributed by atoms with Crippen LogP contribution in [0.2, 0.25) is 10.0 Å². The standard InChI is InChI=1S/C22H16Cl2N2/c1-15-25-12-13-26(15)18-9-6-16(7-10-18)20-11-8-17(14-22(20)24)19-4-2-3-5-21(19)23/h2-14H,1H3. The first kappa shape index (κ1) is 16.9. The molecule has 0 aliphatic heterocycles. The molecule has 4 rings (SSSR count). The molecule has 0 aliphatic rings. The number of halogens is 2. The molecule has 0 aliphatic carbocycles. The summed E-state index contributed by atoms with van der Waals surface area (Å²) in [5.74, 6) is 0.958. The minimum Gasteiger partial charge on any atom is -0.304 e. The number of aryl methyl sites for hydroxylation is 1. The average molecular weight is 379 g/mol. The molecule has 0 amide bonds.